The molecule has 0 aliphatic carbocycles. The van der Waals surface area contributed by atoms with Gasteiger partial charge in [-0.3, -0.25) is 0 Å². The molecule has 226 valence electrons. The first kappa shape index (κ1) is 29.0. The van der Waals surface area contributed by atoms with Gasteiger partial charge in [0, 0.05) is 33.8 Å². The summed E-state index contributed by atoms with van der Waals surface area (Å²) in [4.78, 5) is 14.0. The first-order chi connectivity index (χ1) is 22.1. The number of benzene rings is 4. The lowest BCUT2D eigenvalue weighted by molar-refractivity contribution is 0.0516. The van der Waals surface area contributed by atoms with E-state index in [0.29, 0.717) is 23.7 Å². The van der Waals surface area contributed by atoms with E-state index in [1.807, 2.05) is 79.7 Å². The number of carbonyl (C=O) groups excluding carboxylic acids is 1. The summed E-state index contributed by atoms with van der Waals surface area (Å²) in [6.45, 7) is 2.61. The van der Waals surface area contributed by atoms with Gasteiger partial charge in [0.1, 0.15) is 34.8 Å². The van der Waals surface area contributed by atoms with Crippen LogP contribution >= 0.6 is 23.1 Å². The Labute approximate surface area is 267 Å². The highest BCUT2D eigenvalue weighted by Gasteiger charge is 2.30. The van der Waals surface area contributed by atoms with Crippen LogP contribution in [-0.2, 0) is 24.5 Å². The van der Waals surface area contributed by atoms with E-state index in [4.69, 9.17) is 14.2 Å². The summed E-state index contributed by atoms with van der Waals surface area (Å²) in [5.41, 5.74) is 7.22. The second-order valence-corrected chi connectivity index (χ2v) is 12.1. The Balaban J connectivity index is 1.46. The first-order valence-corrected chi connectivity index (χ1v) is 16.0. The number of ether oxygens (including phenoxy) is 3. The molecule has 0 spiro atoms. The van der Waals surface area contributed by atoms with Crippen molar-refractivity contribution in [2.24, 2.45) is 0 Å². The molecule has 0 unspecified atom stereocenters. The molecule has 0 saturated heterocycles. The lowest BCUT2D eigenvalue weighted by atomic mass is 10.0. The van der Waals surface area contributed by atoms with Crippen LogP contribution in [0.25, 0.3) is 42.5 Å². The smallest absolute Gasteiger partial charge is 0.355 e. The summed E-state index contributed by atoms with van der Waals surface area (Å²) in [5.74, 6) is 0.766. The Morgan fingerprint density at radius 1 is 0.933 bits per heavy atom. The van der Waals surface area contributed by atoms with Crippen molar-refractivity contribution >= 4 is 60.4 Å². The summed E-state index contributed by atoms with van der Waals surface area (Å²) < 4.78 is 30.7. The number of carbonyl (C=O) groups is 1. The van der Waals surface area contributed by atoms with E-state index in [0.717, 1.165) is 59.2 Å². The van der Waals surface area contributed by atoms with Crippen molar-refractivity contribution in [3.63, 3.8) is 0 Å². The molecule has 0 atom stereocenters. The van der Waals surface area contributed by atoms with Crippen molar-refractivity contribution < 1.29 is 24.1 Å². The SMILES string of the molecule is CCOC(=O)c1c(-c2ccc(OC)cc2OCc2ccccc2CO)c2sc3ccccc3c2n1Cc1ccc2nsnc2c1. The van der Waals surface area contributed by atoms with Crippen LogP contribution in [0.4, 0.5) is 0 Å². The molecular formula is C35H29N3O5S2. The van der Waals surface area contributed by atoms with E-state index >= 15 is 0 Å². The summed E-state index contributed by atoms with van der Waals surface area (Å²) in [6.07, 6.45) is 0. The minimum Gasteiger partial charge on any atom is -0.497 e. The van der Waals surface area contributed by atoms with E-state index in [-0.39, 0.29) is 19.8 Å². The standard InChI is InChI=1S/C35H29N3O5S2/c1-3-42-35(40)33-31(25-14-13-24(41-2)17-29(25)43-20-23-9-5-4-8-22(23)19-39)34-32(26-10-6-7-11-30(26)44-34)38(33)18-21-12-15-27-28(16-21)37-45-36-27/h4-17,39H,3,18-20H2,1-2H3. The minimum atomic E-state index is -0.413. The van der Waals surface area contributed by atoms with Crippen molar-refractivity contribution in [1.29, 1.82) is 0 Å². The maximum atomic E-state index is 14.0. The number of rotatable bonds is 10. The first-order valence-electron chi connectivity index (χ1n) is 14.5. The Kier molecular flexibility index (Phi) is 7.93. The number of aliphatic hydroxyl groups excluding tert-OH is 1. The van der Waals surface area contributed by atoms with Crippen molar-refractivity contribution in [3.8, 4) is 22.6 Å². The summed E-state index contributed by atoms with van der Waals surface area (Å²) in [5, 5.41) is 11.0. The topological polar surface area (TPSA) is 95.7 Å². The molecule has 0 radical (unpaired) electrons. The number of methoxy groups -OCH3 is 1. The van der Waals surface area contributed by atoms with E-state index in [1.165, 1.54) is 11.7 Å². The number of fused-ring (bicyclic) bond motifs is 4. The maximum Gasteiger partial charge on any atom is 0.355 e. The van der Waals surface area contributed by atoms with Gasteiger partial charge in [0.25, 0.3) is 0 Å². The van der Waals surface area contributed by atoms with E-state index in [9.17, 15) is 9.90 Å². The molecule has 3 aromatic heterocycles. The quantitative estimate of drug-likeness (QED) is 0.153. The molecule has 1 N–H and O–H groups in total. The van der Waals surface area contributed by atoms with Crippen LogP contribution in [0.5, 0.6) is 11.5 Å². The summed E-state index contributed by atoms with van der Waals surface area (Å²) >= 11 is 2.82. The largest absolute Gasteiger partial charge is 0.497 e. The maximum absolute atomic E-state index is 14.0. The molecule has 0 amide bonds. The fraction of sp³-hybridized carbons (Fsp3) is 0.171. The number of aliphatic hydroxyl groups is 1. The molecule has 4 aromatic carbocycles. The van der Waals surface area contributed by atoms with Crippen LogP contribution in [0.1, 0.15) is 34.1 Å². The average Bonchev–Trinajstić information content (AvgIpc) is 3.77. The molecule has 0 saturated carbocycles. The highest BCUT2D eigenvalue weighted by atomic mass is 32.1. The van der Waals surface area contributed by atoms with E-state index < -0.39 is 5.97 Å². The van der Waals surface area contributed by atoms with Crippen molar-refractivity contribution in [2.45, 2.75) is 26.7 Å². The van der Waals surface area contributed by atoms with Gasteiger partial charge < -0.3 is 23.9 Å². The number of aromatic nitrogens is 3. The summed E-state index contributed by atoms with van der Waals surface area (Å²) in [6, 6.07) is 27.5. The van der Waals surface area contributed by atoms with Crippen LogP contribution in [0.15, 0.2) is 84.9 Å². The molecule has 0 aliphatic rings. The molecule has 0 aliphatic heterocycles. The van der Waals surface area contributed by atoms with E-state index in [2.05, 4.69) is 25.4 Å². The van der Waals surface area contributed by atoms with E-state index in [1.54, 1.807) is 18.4 Å². The van der Waals surface area contributed by atoms with Crippen LogP contribution in [0.2, 0.25) is 0 Å². The fourth-order valence-electron chi connectivity index (χ4n) is 5.72. The van der Waals surface area contributed by atoms with Gasteiger partial charge in [-0.25, -0.2) is 4.79 Å². The van der Waals surface area contributed by atoms with Crippen LogP contribution < -0.4 is 9.47 Å². The predicted octanol–water partition coefficient (Wildman–Crippen LogP) is 7.83. The van der Waals surface area contributed by atoms with Gasteiger partial charge in [-0.05, 0) is 53.9 Å². The van der Waals surface area contributed by atoms with Crippen molar-refractivity contribution in [2.75, 3.05) is 13.7 Å². The molecule has 7 rings (SSSR count). The number of thiophene rings is 1. The molecule has 8 nitrogen and oxygen atoms in total. The monoisotopic (exact) mass is 635 g/mol. The van der Waals surface area contributed by atoms with Gasteiger partial charge in [-0.2, -0.15) is 8.75 Å². The van der Waals surface area contributed by atoms with Crippen LogP contribution in [0.3, 0.4) is 0 Å². The normalized spacial score (nSPS) is 11.4. The Morgan fingerprint density at radius 3 is 2.56 bits per heavy atom. The second-order valence-electron chi connectivity index (χ2n) is 10.5. The number of hydrogen-bond acceptors (Lipinski definition) is 9. The van der Waals surface area contributed by atoms with Crippen molar-refractivity contribution in [1.82, 2.24) is 13.3 Å². The zero-order valence-electron chi connectivity index (χ0n) is 24.6. The highest BCUT2D eigenvalue weighted by molar-refractivity contribution is 7.26. The van der Waals surface area contributed by atoms with Gasteiger partial charge in [-0.15, -0.1) is 11.3 Å². The minimum absolute atomic E-state index is 0.0917. The molecule has 3 heterocycles. The Morgan fingerprint density at radius 2 is 1.73 bits per heavy atom. The van der Waals surface area contributed by atoms with Gasteiger partial charge >= 0.3 is 5.97 Å². The Bertz CT molecular complexity index is 2180. The third-order valence-corrected chi connectivity index (χ3v) is 9.56. The number of nitrogens with zero attached hydrogens (tertiary/aromatic N) is 3. The van der Waals surface area contributed by atoms with Gasteiger partial charge in [0.15, 0.2) is 0 Å². The Hall–Kier alpha value is -4.77. The molecule has 10 heteroatoms. The average molecular weight is 636 g/mol. The molecule has 0 fully saturated rings. The molecule has 45 heavy (non-hydrogen) atoms. The van der Waals surface area contributed by atoms with Crippen molar-refractivity contribution in [3.05, 3.63) is 107 Å². The second kappa shape index (κ2) is 12.3. The highest BCUT2D eigenvalue weighted by Crippen LogP contribution is 2.47. The lowest BCUT2D eigenvalue weighted by Crippen LogP contribution is -2.14. The molecule has 0 bridgehead atoms. The molecule has 7 aromatic rings. The zero-order chi connectivity index (χ0) is 30.9. The van der Waals surface area contributed by atoms with Crippen LogP contribution in [-0.4, -0.2) is 38.1 Å². The molecular weight excluding hydrogens is 607 g/mol. The fourth-order valence-corrected chi connectivity index (χ4v) is 7.50. The van der Waals surface area contributed by atoms with Gasteiger partial charge in [-0.1, -0.05) is 48.5 Å². The van der Waals surface area contributed by atoms with Gasteiger partial charge in [0.2, 0.25) is 0 Å². The zero-order valence-corrected chi connectivity index (χ0v) is 26.3. The lowest BCUT2D eigenvalue weighted by Gasteiger charge is -2.16. The summed E-state index contributed by atoms with van der Waals surface area (Å²) in [7, 11) is 1.61. The third-order valence-electron chi connectivity index (χ3n) is 7.83. The number of esters is 1. The van der Waals surface area contributed by atoms with Crippen LogP contribution in [0, 0.1) is 0 Å². The number of hydrogen-bond donors (Lipinski definition) is 1. The third kappa shape index (κ3) is 5.31. The van der Waals surface area contributed by atoms with Gasteiger partial charge in [0.05, 0.1) is 42.3 Å². The predicted molar refractivity (Wildman–Crippen MR) is 178 cm³/mol.